The van der Waals surface area contributed by atoms with Crippen LogP contribution in [0.2, 0.25) is 0 Å². The lowest BCUT2D eigenvalue weighted by molar-refractivity contribution is -0.754. The van der Waals surface area contributed by atoms with Crippen LogP contribution in [0.4, 0.5) is 0 Å². The van der Waals surface area contributed by atoms with E-state index in [1.54, 1.807) is 0 Å². The van der Waals surface area contributed by atoms with Crippen LogP contribution in [-0.2, 0) is 20.5 Å². The van der Waals surface area contributed by atoms with Crippen molar-refractivity contribution in [3.05, 3.63) is 30.1 Å². The van der Waals surface area contributed by atoms with Crippen LogP contribution in [0, 0.1) is 0 Å². The second-order valence-electron chi connectivity index (χ2n) is 5.08. The summed E-state index contributed by atoms with van der Waals surface area (Å²) in [4.78, 5) is 11.3. The molecule has 1 aromatic heterocycles. The minimum Gasteiger partial charge on any atom is -0.748 e. The second-order valence-corrected chi connectivity index (χ2v) is 6.60. The third-order valence-corrected chi connectivity index (χ3v) is 3.65. The molecule has 1 aromatic rings. The number of fused-ring (bicyclic) bond motifs is 1. The number of amides is 1. The average Bonchev–Trinajstić information content (AvgIpc) is 2.60. The van der Waals surface area contributed by atoms with E-state index in [0.29, 0.717) is 6.61 Å². The van der Waals surface area contributed by atoms with Gasteiger partial charge in [0, 0.05) is 45.4 Å². The van der Waals surface area contributed by atoms with Gasteiger partial charge in [0.2, 0.25) is 5.66 Å². The first-order chi connectivity index (χ1) is 9.67. The van der Waals surface area contributed by atoms with Crippen molar-refractivity contribution in [2.24, 2.45) is 0 Å². The Kier molecular flexibility index (Phi) is 5.82. The molecule has 0 atom stereocenters. The van der Waals surface area contributed by atoms with Gasteiger partial charge in [0.15, 0.2) is 6.20 Å². The van der Waals surface area contributed by atoms with Crippen molar-refractivity contribution >= 4 is 16.0 Å². The molecule has 0 aromatic carbocycles. The molecule has 1 aliphatic heterocycles. The Balaban J connectivity index is 0.000000222. The molecule has 0 saturated carbocycles. The normalized spacial score (nSPS) is 15.7. The molecule has 0 fully saturated rings. The molecule has 1 N–H and O–H groups in total. The highest BCUT2D eigenvalue weighted by Gasteiger charge is 2.42. The molecule has 2 rings (SSSR count). The number of pyridine rings is 1. The number of ether oxygens (including phenoxy) is 1. The lowest BCUT2D eigenvalue weighted by Gasteiger charge is -2.11. The molecule has 0 unspecified atom stereocenters. The van der Waals surface area contributed by atoms with Crippen LogP contribution in [0.15, 0.2) is 24.4 Å². The van der Waals surface area contributed by atoms with Crippen LogP contribution >= 0.6 is 0 Å². The zero-order valence-corrected chi connectivity index (χ0v) is 13.1. The third-order valence-electron chi connectivity index (χ3n) is 2.86. The van der Waals surface area contributed by atoms with Crippen molar-refractivity contribution < 1.29 is 27.1 Å². The van der Waals surface area contributed by atoms with Crippen molar-refractivity contribution in [1.29, 1.82) is 0 Å². The maximum absolute atomic E-state index is 11.3. The monoisotopic (exact) mass is 316 g/mol. The van der Waals surface area contributed by atoms with Gasteiger partial charge in [0.1, 0.15) is 0 Å². The summed E-state index contributed by atoms with van der Waals surface area (Å²) in [6.07, 6.45) is 2.19. The third kappa shape index (κ3) is 5.41. The molecule has 118 valence electrons. The van der Waals surface area contributed by atoms with Gasteiger partial charge in [0.25, 0.3) is 5.69 Å². The summed E-state index contributed by atoms with van der Waals surface area (Å²) < 4.78 is 36.2. The fraction of sp³-hybridized carbons (Fsp3) is 0.538. The molecule has 0 spiro atoms. The number of nitrogens with one attached hydrogen (secondary N) is 1. The fourth-order valence-electron chi connectivity index (χ4n) is 1.90. The van der Waals surface area contributed by atoms with E-state index < -0.39 is 10.1 Å². The van der Waals surface area contributed by atoms with E-state index in [1.807, 2.05) is 42.8 Å². The predicted octanol–water partition coefficient (Wildman–Crippen LogP) is -0.0218. The predicted molar refractivity (Wildman–Crippen MR) is 74.5 cm³/mol. The molecule has 8 heteroatoms. The van der Waals surface area contributed by atoms with Crippen LogP contribution < -0.4 is 9.88 Å². The zero-order chi connectivity index (χ0) is 16.1. The first-order valence-corrected chi connectivity index (χ1v) is 8.01. The summed E-state index contributed by atoms with van der Waals surface area (Å²) in [5.74, 6) is -0.332. The Labute approximate surface area is 124 Å². The van der Waals surface area contributed by atoms with Crippen LogP contribution in [0.5, 0.6) is 0 Å². The minimum absolute atomic E-state index is 0.000556. The Morgan fingerprint density at radius 1 is 1.38 bits per heavy atom. The lowest BCUT2D eigenvalue weighted by atomic mass is 10.2. The van der Waals surface area contributed by atoms with Crippen LogP contribution in [0.25, 0.3) is 0 Å². The highest BCUT2D eigenvalue weighted by molar-refractivity contribution is 7.85. The summed E-state index contributed by atoms with van der Waals surface area (Å²) in [5.41, 5.74) is 0.440. The van der Waals surface area contributed by atoms with E-state index in [-0.39, 0.29) is 23.7 Å². The summed E-state index contributed by atoms with van der Waals surface area (Å²) in [5, 5.41) is 2.88. The summed E-state index contributed by atoms with van der Waals surface area (Å²) in [7, 11) is -2.57. The summed E-state index contributed by atoms with van der Waals surface area (Å²) in [6.45, 7) is 4.27. The molecular weight excluding hydrogens is 296 g/mol. The van der Waals surface area contributed by atoms with Gasteiger partial charge in [-0.3, -0.25) is 10.1 Å². The van der Waals surface area contributed by atoms with Crippen molar-refractivity contribution in [2.45, 2.75) is 25.9 Å². The lowest BCUT2D eigenvalue weighted by Crippen LogP contribution is -2.55. The molecule has 21 heavy (non-hydrogen) atoms. The van der Waals surface area contributed by atoms with E-state index in [0.717, 1.165) is 5.69 Å². The Hall–Kier alpha value is -1.51. The van der Waals surface area contributed by atoms with E-state index in [4.69, 9.17) is 0 Å². The molecule has 2 heterocycles. The second kappa shape index (κ2) is 6.97. The van der Waals surface area contributed by atoms with Crippen LogP contribution in [0.3, 0.4) is 0 Å². The first kappa shape index (κ1) is 17.5. The van der Waals surface area contributed by atoms with Crippen molar-refractivity contribution in [2.75, 3.05) is 19.5 Å². The molecule has 7 nitrogen and oxygen atoms in total. The average molecular weight is 316 g/mol. The fourth-order valence-corrected chi connectivity index (χ4v) is 2.37. The Morgan fingerprint density at radius 3 is 2.57 bits per heavy atom. The zero-order valence-electron chi connectivity index (χ0n) is 12.3. The molecule has 1 aliphatic rings. The van der Waals surface area contributed by atoms with Gasteiger partial charge in [-0.2, -0.15) is 4.57 Å². The van der Waals surface area contributed by atoms with E-state index in [2.05, 4.69) is 10.1 Å². The molecule has 0 radical (unpaired) electrons. The molecule has 0 aliphatic carbocycles. The highest BCUT2D eigenvalue weighted by atomic mass is 32.2. The maximum Gasteiger partial charge on any atom is 0.321 e. The summed E-state index contributed by atoms with van der Waals surface area (Å²) in [6, 6.07) is 5.61. The van der Waals surface area contributed by atoms with Gasteiger partial charge < -0.3 is 9.29 Å². The number of methoxy groups -OCH3 is 1. The number of aromatic nitrogens is 1. The van der Waals surface area contributed by atoms with Crippen molar-refractivity contribution in [3.8, 4) is 0 Å². The number of nitrogens with zero attached hydrogens (tertiary/aromatic N) is 1. The quantitative estimate of drug-likeness (QED) is 0.478. The number of carbonyl (C=O) groups is 1. The molecular formula is C13H20N2O5S. The number of rotatable bonds is 4. The van der Waals surface area contributed by atoms with E-state index >= 15 is 0 Å². The topological polar surface area (TPSA) is 99.4 Å². The van der Waals surface area contributed by atoms with Gasteiger partial charge in [-0.15, -0.1) is 0 Å². The maximum atomic E-state index is 11.3. The highest BCUT2D eigenvalue weighted by Crippen LogP contribution is 2.11. The Bertz CT molecular complexity index is 598. The van der Waals surface area contributed by atoms with Crippen LogP contribution in [0.1, 0.15) is 30.8 Å². The standard InChI is InChI=1S/C9H10N2O.C4H10O4S/c1-9(2)10-8(12)7-5-3-4-6-11(7)9;1-8-3-2-4-9(5,6)7/h3-6H,1-2H3;2-4H2,1H3,(H,5,6,7). The smallest absolute Gasteiger partial charge is 0.321 e. The Morgan fingerprint density at radius 2 is 2.05 bits per heavy atom. The van der Waals surface area contributed by atoms with E-state index in [9.17, 15) is 17.8 Å². The minimum atomic E-state index is -4.03. The van der Waals surface area contributed by atoms with Gasteiger partial charge in [-0.1, -0.05) is 0 Å². The summed E-state index contributed by atoms with van der Waals surface area (Å²) >= 11 is 0. The van der Waals surface area contributed by atoms with Gasteiger partial charge in [-0.05, 0) is 12.5 Å². The first-order valence-electron chi connectivity index (χ1n) is 6.43. The number of hydrogen-bond acceptors (Lipinski definition) is 5. The van der Waals surface area contributed by atoms with E-state index in [1.165, 1.54) is 7.11 Å². The van der Waals surface area contributed by atoms with Gasteiger partial charge in [-0.25, -0.2) is 8.42 Å². The SMILES string of the molecule is CC1(C)NC(=O)c2cccc[n+]21.COCCCS(=O)(=O)[O-]. The van der Waals surface area contributed by atoms with Gasteiger partial charge in [0.05, 0.1) is 10.1 Å². The molecule has 1 amide bonds. The largest absolute Gasteiger partial charge is 0.748 e. The van der Waals surface area contributed by atoms with Crippen molar-refractivity contribution in [1.82, 2.24) is 5.32 Å². The molecule has 0 bridgehead atoms. The number of hydrogen-bond donors (Lipinski definition) is 1. The van der Waals surface area contributed by atoms with Gasteiger partial charge >= 0.3 is 5.91 Å². The van der Waals surface area contributed by atoms with Crippen LogP contribution in [-0.4, -0.2) is 38.3 Å². The molecule has 0 saturated heterocycles. The number of carbonyl (C=O) groups excluding carboxylic acids is 1. The van der Waals surface area contributed by atoms with Crippen molar-refractivity contribution in [3.63, 3.8) is 0 Å².